The molecule has 2 rings (SSSR count). The van der Waals surface area contributed by atoms with Crippen LogP contribution in [0.2, 0.25) is 0 Å². The Morgan fingerprint density at radius 1 is 1.38 bits per heavy atom. The summed E-state index contributed by atoms with van der Waals surface area (Å²) < 4.78 is 6.90. The predicted molar refractivity (Wildman–Crippen MR) is 56.7 cm³/mol. The van der Waals surface area contributed by atoms with Crippen LogP contribution in [0.5, 0.6) is 5.75 Å². The van der Waals surface area contributed by atoms with Crippen LogP contribution in [0, 0.1) is 0 Å². The maximum Gasteiger partial charge on any atom is 0.341 e. The maximum atomic E-state index is 10.4. The van der Waals surface area contributed by atoms with E-state index in [1.807, 2.05) is 24.5 Å². The molecule has 0 fully saturated rings. The van der Waals surface area contributed by atoms with Gasteiger partial charge in [0.25, 0.3) is 0 Å². The Labute approximate surface area is 91.9 Å². The van der Waals surface area contributed by atoms with Gasteiger partial charge in [-0.2, -0.15) is 0 Å². The Kier molecular flexibility index (Phi) is 2.86. The molecular weight excluding hydrogens is 208 g/mol. The molecule has 2 aromatic heterocycles. The van der Waals surface area contributed by atoms with Crippen molar-refractivity contribution >= 4 is 5.97 Å². The average molecular weight is 218 g/mol. The van der Waals surface area contributed by atoms with Gasteiger partial charge in [-0.05, 0) is 24.3 Å². The van der Waals surface area contributed by atoms with E-state index < -0.39 is 5.97 Å². The summed E-state index contributed by atoms with van der Waals surface area (Å²) in [4.78, 5) is 14.6. The van der Waals surface area contributed by atoms with Crippen molar-refractivity contribution in [2.75, 3.05) is 6.61 Å². The number of carboxylic acids is 1. The van der Waals surface area contributed by atoms with Gasteiger partial charge in [0.2, 0.25) is 0 Å². The van der Waals surface area contributed by atoms with Crippen molar-refractivity contribution in [3.8, 4) is 11.6 Å². The zero-order chi connectivity index (χ0) is 11.4. The van der Waals surface area contributed by atoms with Gasteiger partial charge in [-0.25, -0.2) is 9.78 Å². The van der Waals surface area contributed by atoms with E-state index in [9.17, 15) is 4.79 Å². The molecule has 82 valence electrons. The van der Waals surface area contributed by atoms with Gasteiger partial charge in [0.05, 0.1) is 0 Å². The fourth-order valence-electron chi connectivity index (χ4n) is 1.30. The molecular formula is C11H10N2O3. The Hall–Kier alpha value is -2.30. The number of nitrogens with zero attached hydrogens (tertiary/aromatic N) is 2. The number of carboxylic acid groups (broad SMARTS) is 1. The molecule has 0 amide bonds. The Balaban J connectivity index is 2.27. The first kappa shape index (κ1) is 10.2. The smallest absolute Gasteiger partial charge is 0.341 e. The van der Waals surface area contributed by atoms with Crippen LogP contribution in [-0.4, -0.2) is 27.2 Å². The minimum atomic E-state index is -1.01. The molecule has 1 N–H and O–H groups in total. The first-order valence-electron chi connectivity index (χ1n) is 4.70. The van der Waals surface area contributed by atoms with Crippen LogP contribution in [-0.2, 0) is 4.79 Å². The first-order chi connectivity index (χ1) is 7.77. The van der Waals surface area contributed by atoms with E-state index >= 15 is 0 Å². The van der Waals surface area contributed by atoms with Gasteiger partial charge in [-0.1, -0.05) is 0 Å². The van der Waals surface area contributed by atoms with E-state index in [0.29, 0.717) is 11.6 Å². The fourth-order valence-corrected chi connectivity index (χ4v) is 1.30. The average Bonchev–Trinajstić information content (AvgIpc) is 2.80. The van der Waals surface area contributed by atoms with Crippen LogP contribution < -0.4 is 4.74 Å². The summed E-state index contributed by atoms with van der Waals surface area (Å²) in [6, 6.07) is 7.10. The van der Waals surface area contributed by atoms with Crippen molar-refractivity contribution < 1.29 is 14.6 Å². The molecule has 16 heavy (non-hydrogen) atoms. The van der Waals surface area contributed by atoms with Gasteiger partial charge < -0.3 is 14.4 Å². The molecule has 2 heterocycles. The lowest BCUT2D eigenvalue weighted by atomic mass is 10.4. The highest BCUT2D eigenvalue weighted by Gasteiger charge is 2.07. The van der Waals surface area contributed by atoms with E-state index in [1.165, 1.54) is 0 Å². The Morgan fingerprint density at radius 3 is 2.81 bits per heavy atom. The number of aromatic nitrogens is 2. The molecule has 5 heteroatoms. The summed E-state index contributed by atoms with van der Waals surface area (Å²) in [6.45, 7) is -0.375. The SMILES string of the molecule is O=C(O)COc1cccnc1-n1cccc1. The van der Waals surface area contributed by atoms with Gasteiger partial charge in [0, 0.05) is 18.6 Å². The largest absolute Gasteiger partial charge is 0.479 e. The third-order valence-electron chi connectivity index (χ3n) is 1.95. The zero-order valence-electron chi connectivity index (χ0n) is 8.41. The topological polar surface area (TPSA) is 64.3 Å². The van der Waals surface area contributed by atoms with E-state index in [2.05, 4.69) is 4.98 Å². The summed E-state index contributed by atoms with van der Waals surface area (Å²) >= 11 is 0. The van der Waals surface area contributed by atoms with Crippen LogP contribution in [0.4, 0.5) is 0 Å². The standard InChI is InChI=1S/C11H10N2O3/c14-10(15)8-16-9-4-3-5-12-11(9)13-6-1-2-7-13/h1-7H,8H2,(H,14,15). The summed E-state index contributed by atoms with van der Waals surface area (Å²) in [7, 11) is 0. The normalized spacial score (nSPS) is 10.0. The molecule has 5 nitrogen and oxygen atoms in total. The fraction of sp³-hybridized carbons (Fsp3) is 0.0909. The van der Waals surface area contributed by atoms with Crippen molar-refractivity contribution in [3.63, 3.8) is 0 Å². The van der Waals surface area contributed by atoms with Gasteiger partial charge in [0.1, 0.15) is 0 Å². The first-order valence-corrected chi connectivity index (χ1v) is 4.70. The number of ether oxygens (including phenoxy) is 1. The van der Waals surface area contributed by atoms with Gasteiger partial charge in [0.15, 0.2) is 18.2 Å². The van der Waals surface area contributed by atoms with Crippen molar-refractivity contribution in [2.24, 2.45) is 0 Å². The number of pyridine rings is 1. The molecule has 2 aromatic rings. The molecule has 0 radical (unpaired) electrons. The second kappa shape index (κ2) is 4.48. The third-order valence-corrected chi connectivity index (χ3v) is 1.95. The van der Waals surface area contributed by atoms with Crippen LogP contribution in [0.1, 0.15) is 0 Å². The third kappa shape index (κ3) is 2.20. The Bertz CT molecular complexity index is 480. The summed E-state index contributed by atoms with van der Waals surface area (Å²) in [6.07, 6.45) is 5.26. The molecule has 0 saturated heterocycles. The summed E-state index contributed by atoms with van der Waals surface area (Å²) in [5.41, 5.74) is 0. The van der Waals surface area contributed by atoms with Crippen LogP contribution in [0.15, 0.2) is 42.9 Å². The highest BCUT2D eigenvalue weighted by molar-refractivity contribution is 5.68. The van der Waals surface area contributed by atoms with E-state index in [0.717, 1.165) is 0 Å². The Morgan fingerprint density at radius 2 is 2.12 bits per heavy atom. The van der Waals surface area contributed by atoms with Crippen molar-refractivity contribution in [3.05, 3.63) is 42.9 Å². The number of aliphatic carboxylic acids is 1. The van der Waals surface area contributed by atoms with Crippen LogP contribution >= 0.6 is 0 Å². The highest BCUT2D eigenvalue weighted by atomic mass is 16.5. The number of hydrogen-bond acceptors (Lipinski definition) is 3. The lowest BCUT2D eigenvalue weighted by Gasteiger charge is -2.09. The molecule has 0 aliphatic carbocycles. The molecule has 0 aliphatic rings. The number of hydrogen-bond donors (Lipinski definition) is 1. The van der Waals surface area contributed by atoms with E-state index in [-0.39, 0.29) is 6.61 Å². The number of rotatable bonds is 4. The predicted octanol–water partition coefficient (Wildman–Crippen LogP) is 1.34. The summed E-state index contributed by atoms with van der Waals surface area (Å²) in [5, 5.41) is 8.54. The lowest BCUT2D eigenvalue weighted by Crippen LogP contribution is -2.11. The van der Waals surface area contributed by atoms with Crippen molar-refractivity contribution in [1.82, 2.24) is 9.55 Å². The van der Waals surface area contributed by atoms with Crippen molar-refractivity contribution in [2.45, 2.75) is 0 Å². The van der Waals surface area contributed by atoms with Gasteiger partial charge in [-0.15, -0.1) is 0 Å². The minimum absolute atomic E-state index is 0.375. The molecule has 0 unspecified atom stereocenters. The summed E-state index contributed by atoms with van der Waals surface area (Å²) in [5.74, 6) is 0.0113. The van der Waals surface area contributed by atoms with E-state index in [4.69, 9.17) is 9.84 Å². The lowest BCUT2D eigenvalue weighted by molar-refractivity contribution is -0.139. The monoisotopic (exact) mass is 218 g/mol. The van der Waals surface area contributed by atoms with Gasteiger partial charge >= 0.3 is 5.97 Å². The maximum absolute atomic E-state index is 10.4. The quantitative estimate of drug-likeness (QED) is 0.840. The molecule has 0 aromatic carbocycles. The van der Waals surface area contributed by atoms with E-state index in [1.54, 1.807) is 22.9 Å². The molecule has 0 spiro atoms. The molecule has 0 saturated carbocycles. The van der Waals surface area contributed by atoms with Gasteiger partial charge in [-0.3, -0.25) is 0 Å². The number of carbonyl (C=O) groups is 1. The second-order valence-electron chi connectivity index (χ2n) is 3.10. The van der Waals surface area contributed by atoms with Crippen molar-refractivity contribution in [1.29, 1.82) is 0 Å². The second-order valence-corrected chi connectivity index (χ2v) is 3.10. The van der Waals surface area contributed by atoms with Crippen LogP contribution in [0.25, 0.3) is 5.82 Å². The molecule has 0 atom stereocenters. The highest BCUT2D eigenvalue weighted by Crippen LogP contribution is 2.19. The van der Waals surface area contributed by atoms with Crippen LogP contribution in [0.3, 0.4) is 0 Å². The minimum Gasteiger partial charge on any atom is -0.479 e. The molecule has 0 bridgehead atoms. The zero-order valence-corrected chi connectivity index (χ0v) is 8.41. The molecule has 0 aliphatic heterocycles.